The van der Waals surface area contributed by atoms with E-state index in [-0.39, 0.29) is 0 Å². The highest BCUT2D eigenvalue weighted by Crippen LogP contribution is 2.64. The van der Waals surface area contributed by atoms with E-state index >= 15 is 0 Å². The first-order chi connectivity index (χ1) is 10.2. The minimum absolute atomic E-state index is 0.372. The van der Waals surface area contributed by atoms with Crippen molar-refractivity contribution in [2.75, 3.05) is 14.2 Å². The number of hydrogen-bond donors (Lipinski definition) is 1. The van der Waals surface area contributed by atoms with Crippen molar-refractivity contribution in [3.05, 3.63) is 23.7 Å². The van der Waals surface area contributed by atoms with Crippen molar-refractivity contribution in [3.63, 3.8) is 0 Å². The van der Waals surface area contributed by atoms with Gasteiger partial charge in [-0.25, -0.2) is 0 Å². The third-order valence-corrected chi connectivity index (χ3v) is 6.24. The smallest absolute Gasteiger partial charge is 0.129 e. The van der Waals surface area contributed by atoms with Crippen LogP contribution < -0.4 is 5.32 Å². The summed E-state index contributed by atoms with van der Waals surface area (Å²) in [4.78, 5) is 0. The monoisotopic (exact) mass is 289 g/mol. The van der Waals surface area contributed by atoms with Crippen molar-refractivity contribution >= 4 is 0 Å². The van der Waals surface area contributed by atoms with E-state index in [0.717, 1.165) is 29.3 Å². The minimum Gasteiger partial charge on any atom is -0.462 e. The van der Waals surface area contributed by atoms with Crippen molar-refractivity contribution in [2.24, 2.45) is 23.2 Å². The molecule has 0 radical (unpaired) electrons. The molecule has 21 heavy (non-hydrogen) atoms. The molecule has 0 amide bonds. The van der Waals surface area contributed by atoms with Crippen LogP contribution in [-0.2, 0) is 11.3 Å². The van der Waals surface area contributed by atoms with Gasteiger partial charge < -0.3 is 14.5 Å². The SMILES string of the molecule is CNC(c1ccc(COC)o1)C12CC3CC(CC(C3)C1)C2. The standard InChI is InChI=1S/C18H27NO2/c1-19-17(16-4-3-15(21-16)11-20-2)18-8-12-5-13(9-18)7-14(6-12)10-18/h3-4,12-14,17,19H,5-11H2,1-2H3. The van der Waals surface area contributed by atoms with Crippen molar-refractivity contribution in [1.82, 2.24) is 5.32 Å². The van der Waals surface area contributed by atoms with Crippen LogP contribution in [0.3, 0.4) is 0 Å². The van der Waals surface area contributed by atoms with Gasteiger partial charge in [0.05, 0.1) is 6.04 Å². The molecule has 1 N–H and O–H groups in total. The Bertz CT molecular complexity index is 472. The summed E-state index contributed by atoms with van der Waals surface area (Å²) >= 11 is 0. The van der Waals surface area contributed by atoms with Crippen molar-refractivity contribution in [1.29, 1.82) is 0 Å². The van der Waals surface area contributed by atoms with Gasteiger partial charge in [0.1, 0.15) is 18.1 Å². The van der Waals surface area contributed by atoms with Gasteiger partial charge in [-0.15, -0.1) is 0 Å². The highest BCUT2D eigenvalue weighted by Gasteiger charge is 2.54. The number of methoxy groups -OCH3 is 1. The number of nitrogens with one attached hydrogen (secondary N) is 1. The molecule has 3 nitrogen and oxygen atoms in total. The molecule has 0 aromatic carbocycles. The lowest BCUT2D eigenvalue weighted by Crippen LogP contribution is -2.51. The second-order valence-corrected chi connectivity index (χ2v) is 7.74. The van der Waals surface area contributed by atoms with Crippen LogP contribution in [0.4, 0.5) is 0 Å². The molecule has 1 aromatic heterocycles. The summed E-state index contributed by atoms with van der Waals surface area (Å²) in [6.07, 6.45) is 8.65. The molecule has 1 heterocycles. The van der Waals surface area contributed by atoms with E-state index in [2.05, 4.69) is 24.5 Å². The molecule has 0 aliphatic heterocycles. The van der Waals surface area contributed by atoms with E-state index in [1.165, 1.54) is 38.5 Å². The highest BCUT2D eigenvalue weighted by molar-refractivity contribution is 5.17. The molecule has 4 aliphatic rings. The molecule has 4 fully saturated rings. The van der Waals surface area contributed by atoms with Gasteiger partial charge in [-0.1, -0.05) is 0 Å². The fourth-order valence-corrected chi connectivity index (χ4v) is 6.05. The van der Waals surface area contributed by atoms with E-state index in [4.69, 9.17) is 9.15 Å². The van der Waals surface area contributed by atoms with E-state index < -0.39 is 0 Å². The zero-order valence-electron chi connectivity index (χ0n) is 13.2. The van der Waals surface area contributed by atoms with Gasteiger partial charge in [0.25, 0.3) is 0 Å². The molecule has 0 spiro atoms. The van der Waals surface area contributed by atoms with E-state index in [9.17, 15) is 0 Å². The average molecular weight is 289 g/mol. The van der Waals surface area contributed by atoms with Gasteiger partial charge in [0.2, 0.25) is 0 Å². The predicted molar refractivity (Wildman–Crippen MR) is 81.8 cm³/mol. The lowest BCUT2D eigenvalue weighted by Gasteiger charge is -2.59. The maximum Gasteiger partial charge on any atom is 0.129 e. The fraction of sp³-hybridized carbons (Fsp3) is 0.778. The van der Waals surface area contributed by atoms with Gasteiger partial charge in [-0.3, -0.25) is 0 Å². The summed E-state index contributed by atoms with van der Waals surface area (Å²) < 4.78 is 11.3. The maximum absolute atomic E-state index is 6.08. The number of rotatable bonds is 5. The van der Waals surface area contributed by atoms with Crippen LogP contribution in [0.5, 0.6) is 0 Å². The first-order valence-corrected chi connectivity index (χ1v) is 8.47. The van der Waals surface area contributed by atoms with Crippen molar-refractivity contribution in [2.45, 2.75) is 51.2 Å². The summed E-state index contributed by atoms with van der Waals surface area (Å²) in [5.41, 5.74) is 0.436. The minimum atomic E-state index is 0.372. The maximum atomic E-state index is 6.08. The van der Waals surface area contributed by atoms with Gasteiger partial charge >= 0.3 is 0 Å². The quantitative estimate of drug-likeness (QED) is 0.892. The second-order valence-electron chi connectivity index (χ2n) is 7.74. The van der Waals surface area contributed by atoms with E-state index in [1.807, 2.05) is 0 Å². The number of ether oxygens (including phenoxy) is 1. The lowest BCUT2D eigenvalue weighted by atomic mass is 9.47. The number of hydrogen-bond acceptors (Lipinski definition) is 3. The molecule has 3 heteroatoms. The summed E-state index contributed by atoms with van der Waals surface area (Å²) in [7, 11) is 3.82. The molecule has 4 aliphatic carbocycles. The Balaban J connectivity index is 1.62. The van der Waals surface area contributed by atoms with Gasteiger partial charge in [-0.05, 0) is 80.9 Å². The predicted octanol–water partition coefficient (Wildman–Crippen LogP) is 3.90. The second kappa shape index (κ2) is 5.13. The topological polar surface area (TPSA) is 34.4 Å². The van der Waals surface area contributed by atoms with Gasteiger partial charge in [-0.2, -0.15) is 0 Å². The molecular formula is C18H27NO2. The Kier molecular flexibility index (Phi) is 3.38. The third-order valence-electron chi connectivity index (χ3n) is 6.24. The first-order valence-electron chi connectivity index (χ1n) is 8.47. The molecular weight excluding hydrogens is 262 g/mol. The van der Waals surface area contributed by atoms with Crippen LogP contribution >= 0.6 is 0 Å². The molecule has 1 unspecified atom stereocenters. The van der Waals surface area contributed by atoms with Crippen LogP contribution in [0.15, 0.2) is 16.5 Å². The third kappa shape index (κ3) is 2.25. The van der Waals surface area contributed by atoms with Crippen LogP contribution in [0.2, 0.25) is 0 Å². The lowest BCUT2D eigenvalue weighted by molar-refractivity contribution is -0.0773. The molecule has 5 rings (SSSR count). The Labute approximate surface area is 127 Å². The summed E-state index contributed by atoms with van der Waals surface area (Å²) in [6.45, 7) is 0.567. The van der Waals surface area contributed by atoms with Crippen LogP contribution in [0, 0.1) is 23.2 Å². The highest BCUT2D eigenvalue weighted by atomic mass is 16.5. The largest absolute Gasteiger partial charge is 0.462 e. The zero-order chi connectivity index (χ0) is 14.4. The van der Waals surface area contributed by atoms with Crippen molar-refractivity contribution in [3.8, 4) is 0 Å². The Morgan fingerprint density at radius 1 is 1.19 bits per heavy atom. The van der Waals surface area contributed by atoms with E-state index in [0.29, 0.717) is 18.1 Å². The van der Waals surface area contributed by atoms with Crippen LogP contribution in [0.1, 0.15) is 56.1 Å². The Hall–Kier alpha value is -0.800. The molecule has 1 atom stereocenters. The molecule has 116 valence electrons. The molecule has 4 bridgehead atoms. The zero-order valence-corrected chi connectivity index (χ0v) is 13.2. The van der Waals surface area contributed by atoms with Gasteiger partial charge in [0.15, 0.2) is 0 Å². The summed E-state index contributed by atoms with van der Waals surface area (Å²) in [6, 6.07) is 4.61. The molecule has 1 aromatic rings. The van der Waals surface area contributed by atoms with Crippen LogP contribution in [-0.4, -0.2) is 14.2 Å². The van der Waals surface area contributed by atoms with E-state index in [1.54, 1.807) is 7.11 Å². The molecule has 4 saturated carbocycles. The Morgan fingerprint density at radius 3 is 2.33 bits per heavy atom. The Morgan fingerprint density at radius 2 is 1.81 bits per heavy atom. The van der Waals surface area contributed by atoms with Crippen LogP contribution in [0.25, 0.3) is 0 Å². The number of furan rings is 1. The average Bonchev–Trinajstić information content (AvgIpc) is 2.86. The first kappa shape index (κ1) is 13.8. The fourth-order valence-electron chi connectivity index (χ4n) is 6.05. The summed E-state index contributed by atoms with van der Waals surface area (Å²) in [5.74, 6) is 4.98. The molecule has 0 saturated heterocycles. The van der Waals surface area contributed by atoms with Gasteiger partial charge in [0, 0.05) is 7.11 Å². The normalized spacial score (nSPS) is 38.9. The summed E-state index contributed by atoms with van der Waals surface area (Å²) in [5, 5.41) is 3.60. The van der Waals surface area contributed by atoms with Crippen molar-refractivity contribution < 1.29 is 9.15 Å².